The fourth-order valence-electron chi connectivity index (χ4n) is 4.63. The van der Waals surface area contributed by atoms with Crippen molar-refractivity contribution in [1.29, 1.82) is 0 Å². The number of ether oxygens (including phenoxy) is 1. The van der Waals surface area contributed by atoms with Crippen molar-refractivity contribution in [1.82, 2.24) is 9.80 Å². The Morgan fingerprint density at radius 2 is 1.91 bits per heavy atom. The molecule has 2 amide bonds. The van der Waals surface area contributed by atoms with Crippen molar-refractivity contribution >= 4 is 46.4 Å². The molecule has 1 unspecified atom stereocenters. The summed E-state index contributed by atoms with van der Waals surface area (Å²) in [7, 11) is 1.65. The van der Waals surface area contributed by atoms with E-state index >= 15 is 0 Å². The minimum atomic E-state index is -0.285. The van der Waals surface area contributed by atoms with Gasteiger partial charge in [-0.05, 0) is 54.0 Å². The lowest BCUT2D eigenvalue weighted by atomic mass is 9.93. The van der Waals surface area contributed by atoms with E-state index < -0.39 is 0 Å². The molecule has 0 aliphatic carbocycles. The Bertz CT molecular complexity index is 981. The minimum Gasteiger partial charge on any atom is -0.385 e. The first-order valence-electron chi connectivity index (χ1n) is 12.5. The van der Waals surface area contributed by atoms with Crippen LogP contribution in [0.25, 0.3) is 0 Å². The van der Waals surface area contributed by atoms with Gasteiger partial charge in [0, 0.05) is 48.1 Å². The van der Waals surface area contributed by atoms with E-state index in [4.69, 9.17) is 27.9 Å². The van der Waals surface area contributed by atoms with Crippen molar-refractivity contribution in [3.05, 3.63) is 55.7 Å². The van der Waals surface area contributed by atoms with E-state index in [1.165, 1.54) is 17.7 Å². The topological polar surface area (TPSA) is 49.9 Å². The van der Waals surface area contributed by atoms with Crippen LogP contribution in [0.1, 0.15) is 73.9 Å². The molecule has 0 N–H and O–H groups in total. The average molecular weight is 540 g/mol. The lowest BCUT2D eigenvalue weighted by Crippen LogP contribution is -2.47. The summed E-state index contributed by atoms with van der Waals surface area (Å²) in [4.78, 5) is 31.6. The molecule has 1 aliphatic rings. The van der Waals surface area contributed by atoms with E-state index in [1.807, 2.05) is 17.0 Å². The van der Waals surface area contributed by atoms with Crippen molar-refractivity contribution < 1.29 is 14.3 Å². The van der Waals surface area contributed by atoms with Crippen LogP contribution in [0, 0.1) is 0 Å². The molecule has 192 valence electrons. The zero-order valence-corrected chi connectivity index (χ0v) is 23.1. The SMILES string of the molecule is CCCCCCCC(=O)N(CCCOC)CC(=O)N1CCc2sccc2C1c1ccc(Cl)cc1Cl. The summed E-state index contributed by atoms with van der Waals surface area (Å²) in [6.07, 6.45) is 7.40. The van der Waals surface area contributed by atoms with Gasteiger partial charge in [-0.1, -0.05) is 61.9 Å². The Labute approximate surface area is 223 Å². The largest absolute Gasteiger partial charge is 0.385 e. The standard InChI is InChI=1S/C27H36Cl2N2O3S/c1-3-4-5-6-7-9-25(32)30(14-8-16-34-2)19-26(33)31-15-12-24-22(13-17-35-24)27(31)21-11-10-20(28)18-23(21)29/h10-11,13,17-18,27H,3-9,12,14-16,19H2,1-2H3. The predicted octanol–water partition coefficient (Wildman–Crippen LogP) is 6.75. The van der Waals surface area contributed by atoms with Crippen LogP contribution in [-0.2, 0) is 20.7 Å². The predicted molar refractivity (Wildman–Crippen MR) is 144 cm³/mol. The maximum absolute atomic E-state index is 13.7. The highest BCUT2D eigenvalue weighted by Crippen LogP contribution is 2.41. The molecule has 2 aromatic rings. The third-order valence-electron chi connectivity index (χ3n) is 6.49. The zero-order chi connectivity index (χ0) is 25.2. The Hall–Kier alpha value is -1.60. The maximum atomic E-state index is 13.7. The fraction of sp³-hybridized carbons (Fsp3) is 0.556. The van der Waals surface area contributed by atoms with Crippen molar-refractivity contribution in [3.8, 4) is 0 Å². The average Bonchev–Trinajstić information content (AvgIpc) is 3.32. The molecule has 1 aliphatic heterocycles. The van der Waals surface area contributed by atoms with Gasteiger partial charge in [0.1, 0.15) is 0 Å². The van der Waals surface area contributed by atoms with E-state index in [9.17, 15) is 9.59 Å². The molecule has 0 bridgehead atoms. The second kappa shape index (κ2) is 14.2. The molecule has 35 heavy (non-hydrogen) atoms. The molecule has 0 spiro atoms. The Morgan fingerprint density at radius 1 is 1.11 bits per heavy atom. The molecular weight excluding hydrogens is 503 g/mol. The van der Waals surface area contributed by atoms with Crippen LogP contribution in [0.3, 0.4) is 0 Å². The van der Waals surface area contributed by atoms with Gasteiger partial charge in [0.25, 0.3) is 0 Å². The van der Waals surface area contributed by atoms with Gasteiger partial charge in [-0.25, -0.2) is 0 Å². The number of amides is 2. The molecular formula is C27H36Cl2N2O3S. The second-order valence-electron chi connectivity index (χ2n) is 9.03. The Balaban J connectivity index is 1.77. The lowest BCUT2D eigenvalue weighted by Gasteiger charge is -2.38. The third kappa shape index (κ3) is 7.69. The number of rotatable bonds is 13. The second-order valence-corrected chi connectivity index (χ2v) is 10.9. The fourth-order valence-corrected chi connectivity index (χ4v) is 6.04. The number of methoxy groups -OCH3 is 1. The highest BCUT2D eigenvalue weighted by atomic mass is 35.5. The van der Waals surface area contributed by atoms with Gasteiger partial charge >= 0.3 is 0 Å². The highest BCUT2D eigenvalue weighted by molar-refractivity contribution is 7.10. The first kappa shape index (κ1) is 28.0. The van der Waals surface area contributed by atoms with Crippen molar-refractivity contribution in [2.75, 3.05) is 33.4 Å². The minimum absolute atomic E-state index is 0.0419. The molecule has 3 rings (SSSR count). The molecule has 5 nitrogen and oxygen atoms in total. The van der Waals surface area contributed by atoms with E-state index in [0.717, 1.165) is 36.8 Å². The molecule has 1 atom stereocenters. The molecule has 8 heteroatoms. The van der Waals surface area contributed by atoms with Crippen molar-refractivity contribution in [3.63, 3.8) is 0 Å². The Morgan fingerprint density at radius 3 is 2.66 bits per heavy atom. The number of fused-ring (bicyclic) bond motifs is 1. The van der Waals surface area contributed by atoms with Gasteiger partial charge in [0.2, 0.25) is 11.8 Å². The highest BCUT2D eigenvalue weighted by Gasteiger charge is 2.35. The summed E-state index contributed by atoms with van der Waals surface area (Å²) >= 11 is 14.5. The Kier molecular flexibility index (Phi) is 11.4. The number of carbonyl (C=O) groups excluding carboxylic acids is 2. The number of benzene rings is 1. The van der Waals surface area contributed by atoms with Gasteiger partial charge in [-0.3, -0.25) is 9.59 Å². The van der Waals surface area contributed by atoms with Crippen LogP contribution >= 0.6 is 34.5 Å². The third-order valence-corrected chi connectivity index (χ3v) is 8.05. The monoisotopic (exact) mass is 538 g/mol. The van der Waals surface area contributed by atoms with Gasteiger partial charge in [0.05, 0.1) is 12.6 Å². The van der Waals surface area contributed by atoms with E-state index in [0.29, 0.717) is 42.6 Å². The number of nitrogens with zero attached hydrogens (tertiary/aromatic N) is 2. The van der Waals surface area contributed by atoms with Crippen LogP contribution in [-0.4, -0.2) is 55.0 Å². The zero-order valence-electron chi connectivity index (χ0n) is 20.7. The normalized spacial score (nSPS) is 15.2. The van der Waals surface area contributed by atoms with Gasteiger partial charge in [0.15, 0.2) is 0 Å². The van der Waals surface area contributed by atoms with Crippen molar-refractivity contribution in [2.24, 2.45) is 0 Å². The first-order valence-corrected chi connectivity index (χ1v) is 14.2. The number of hydrogen-bond acceptors (Lipinski definition) is 4. The van der Waals surface area contributed by atoms with Gasteiger partial charge in [-0.15, -0.1) is 11.3 Å². The van der Waals surface area contributed by atoms with Crippen LogP contribution in [0.2, 0.25) is 10.0 Å². The van der Waals surface area contributed by atoms with E-state index in [1.54, 1.807) is 29.4 Å². The summed E-state index contributed by atoms with van der Waals surface area (Å²) in [5.41, 5.74) is 1.96. The van der Waals surface area contributed by atoms with E-state index in [-0.39, 0.29) is 24.4 Å². The maximum Gasteiger partial charge on any atom is 0.242 e. The van der Waals surface area contributed by atoms with Crippen LogP contribution in [0.5, 0.6) is 0 Å². The summed E-state index contributed by atoms with van der Waals surface area (Å²) in [6.45, 7) is 3.90. The molecule has 0 radical (unpaired) electrons. The molecule has 1 aromatic heterocycles. The van der Waals surface area contributed by atoms with E-state index in [2.05, 4.69) is 18.4 Å². The van der Waals surface area contributed by atoms with Gasteiger partial charge in [-0.2, -0.15) is 0 Å². The molecule has 2 heterocycles. The molecule has 0 saturated heterocycles. The quantitative estimate of drug-likeness (QED) is 0.265. The number of halogens is 2. The number of unbranched alkanes of at least 4 members (excludes halogenated alkanes) is 4. The first-order chi connectivity index (χ1) is 17.0. The number of carbonyl (C=O) groups is 2. The molecule has 0 saturated carbocycles. The van der Waals surface area contributed by atoms with Gasteiger partial charge < -0.3 is 14.5 Å². The molecule has 0 fully saturated rings. The number of thiophene rings is 1. The summed E-state index contributed by atoms with van der Waals surface area (Å²) in [6, 6.07) is 7.23. The summed E-state index contributed by atoms with van der Waals surface area (Å²) < 4.78 is 5.19. The summed E-state index contributed by atoms with van der Waals surface area (Å²) in [5, 5.41) is 3.17. The molecule has 1 aromatic carbocycles. The summed E-state index contributed by atoms with van der Waals surface area (Å²) in [5.74, 6) is -0.0186. The van der Waals surface area contributed by atoms with Crippen LogP contribution in [0.4, 0.5) is 0 Å². The smallest absolute Gasteiger partial charge is 0.242 e. The van der Waals surface area contributed by atoms with Crippen molar-refractivity contribution in [2.45, 2.75) is 64.3 Å². The van der Waals surface area contributed by atoms with Crippen LogP contribution in [0.15, 0.2) is 29.6 Å². The lowest BCUT2D eigenvalue weighted by molar-refractivity contribution is -0.142. The number of hydrogen-bond donors (Lipinski definition) is 0. The van der Waals surface area contributed by atoms with Crippen LogP contribution < -0.4 is 0 Å².